The first-order valence-electron chi connectivity index (χ1n) is 30.8. The zero-order valence-corrected chi connectivity index (χ0v) is 47.2. The Labute approximate surface area is 440 Å². The van der Waals surface area contributed by atoms with Crippen LogP contribution in [-0.2, 0) is 28.6 Å². The summed E-state index contributed by atoms with van der Waals surface area (Å²) >= 11 is 0. The Balaban J connectivity index is 4.40. The molecule has 0 aromatic rings. The first kappa shape index (κ1) is 68.1. The van der Waals surface area contributed by atoms with E-state index in [0.29, 0.717) is 19.3 Å². The van der Waals surface area contributed by atoms with Crippen LogP contribution in [0, 0.1) is 0 Å². The lowest BCUT2D eigenvalue weighted by atomic mass is 10.1. The van der Waals surface area contributed by atoms with E-state index in [1.165, 1.54) is 199 Å². The third-order valence-electron chi connectivity index (χ3n) is 13.5. The van der Waals surface area contributed by atoms with Gasteiger partial charge in [-0.25, -0.2) is 0 Å². The SMILES string of the molecule is CCCCC/C=C\C/C=C\C/C=C\CCCCCCCCC(=O)OCC(COC(=O)CCCCCCCCC/C=C\CCCCCCCC)OC(=O)CCCCCCCCC/C=C\CCCCCCCC. The van der Waals surface area contributed by atoms with Crippen LogP contribution in [0.15, 0.2) is 60.8 Å². The van der Waals surface area contributed by atoms with Gasteiger partial charge in [-0.15, -0.1) is 0 Å². The lowest BCUT2D eigenvalue weighted by Gasteiger charge is -2.18. The molecule has 6 nitrogen and oxygen atoms in total. The van der Waals surface area contributed by atoms with Crippen LogP contribution in [0.1, 0.15) is 316 Å². The molecule has 0 fully saturated rings. The fourth-order valence-corrected chi connectivity index (χ4v) is 8.79. The molecule has 0 saturated carbocycles. The van der Waals surface area contributed by atoms with Gasteiger partial charge in [0, 0.05) is 19.3 Å². The maximum Gasteiger partial charge on any atom is 0.306 e. The second kappa shape index (κ2) is 59.7. The van der Waals surface area contributed by atoms with Crippen molar-refractivity contribution < 1.29 is 28.6 Å². The van der Waals surface area contributed by atoms with Crippen molar-refractivity contribution >= 4 is 17.9 Å². The molecule has 0 aromatic carbocycles. The van der Waals surface area contributed by atoms with E-state index in [1.54, 1.807) is 0 Å². The molecule has 0 saturated heterocycles. The van der Waals surface area contributed by atoms with Crippen molar-refractivity contribution in [1.82, 2.24) is 0 Å². The Hall–Kier alpha value is -2.89. The number of allylic oxidation sites excluding steroid dienone is 10. The van der Waals surface area contributed by atoms with Crippen molar-refractivity contribution in [1.29, 1.82) is 0 Å². The van der Waals surface area contributed by atoms with E-state index in [-0.39, 0.29) is 31.1 Å². The van der Waals surface area contributed by atoms with Crippen LogP contribution in [0.2, 0.25) is 0 Å². The van der Waals surface area contributed by atoms with Crippen LogP contribution in [0.4, 0.5) is 0 Å². The van der Waals surface area contributed by atoms with Crippen LogP contribution in [0.3, 0.4) is 0 Å². The summed E-state index contributed by atoms with van der Waals surface area (Å²) in [4.78, 5) is 38.3. The molecule has 71 heavy (non-hydrogen) atoms. The number of unbranched alkanes of at least 4 members (excludes halogenated alkanes) is 35. The van der Waals surface area contributed by atoms with Crippen molar-refractivity contribution in [2.24, 2.45) is 0 Å². The molecule has 0 spiro atoms. The second-order valence-corrected chi connectivity index (χ2v) is 20.6. The molecular weight excluding hydrogens is 877 g/mol. The highest BCUT2D eigenvalue weighted by Gasteiger charge is 2.19. The number of hydrogen-bond donors (Lipinski definition) is 0. The molecule has 0 N–H and O–H groups in total. The topological polar surface area (TPSA) is 78.9 Å². The lowest BCUT2D eigenvalue weighted by molar-refractivity contribution is -0.167. The van der Waals surface area contributed by atoms with Crippen LogP contribution in [-0.4, -0.2) is 37.2 Å². The van der Waals surface area contributed by atoms with Crippen LogP contribution in [0.25, 0.3) is 0 Å². The van der Waals surface area contributed by atoms with Crippen molar-refractivity contribution in [2.45, 2.75) is 322 Å². The number of esters is 3. The maximum atomic E-state index is 12.9. The summed E-state index contributed by atoms with van der Waals surface area (Å²) in [7, 11) is 0. The Morgan fingerprint density at radius 2 is 0.507 bits per heavy atom. The van der Waals surface area contributed by atoms with Crippen molar-refractivity contribution in [3.63, 3.8) is 0 Å². The first-order valence-corrected chi connectivity index (χ1v) is 30.8. The number of hydrogen-bond acceptors (Lipinski definition) is 6. The molecule has 0 aliphatic heterocycles. The zero-order chi connectivity index (χ0) is 51.4. The molecule has 0 aliphatic carbocycles. The van der Waals surface area contributed by atoms with Crippen molar-refractivity contribution in [3.8, 4) is 0 Å². The predicted octanol–water partition coefficient (Wildman–Crippen LogP) is 20.8. The number of ether oxygens (including phenoxy) is 3. The monoisotopic (exact) mass is 993 g/mol. The van der Waals surface area contributed by atoms with Gasteiger partial charge in [-0.2, -0.15) is 0 Å². The minimum Gasteiger partial charge on any atom is -0.462 e. The summed E-state index contributed by atoms with van der Waals surface area (Å²) in [6.45, 7) is 6.62. The quantitative estimate of drug-likeness (QED) is 0.0261. The summed E-state index contributed by atoms with van der Waals surface area (Å²) in [6.07, 6.45) is 74.9. The number of carbonyl (C=O) groups excluding carboxylic acids is 3. The van der Waals surface area contributed by atoms with Crippen LogP contribution in [0.5, 0.6) is 0 Å². The molecule has 1 unspecified atom stereocenters. The molecule has 0 radical (unpaired) electrons. The summed E-state index contributed by atoms with van der Waals surface area (Å²) in [5.74, 6) is -0.888. The highest BCUT2D eigenvalue weighted by Crippen LogP contribution is 2.16. The van der Waals surface area contributed by atoms with E-state index < -0.39 is 6.10 Å². The summed E-state index contributed by atoms with van der Waals surface area (Å²) in [5.41, 5.74) is 0. The average Bonchev–Trinajstić information content (AvgIpc) is 3.37. The van der Waals surface area contributed by atoms with E-state index in [1.807, 2.05) is 0 Å². The van der Waals surface area contributed by atoms with Gasteiger partial charge in [0.25, 0.3) is 0 Å². The van der Waals surface area contributed by atoms with E-state index in [4.69, 9.17) is 14.2 Å². The molecule has 412 valence electrons. The molecule has 1 atom stereocenters. The smallest absolute Gasteiger partial charge is 0.306 e. The minimum atomic E-state index is -0.784. The molecule has 6 heteroatoms. The fourth-order valence-electron chi connectivity index (χ4n) is 8.79. The molecule has 0 heterocycles. The highest BCUT2D eigenvalue weighted by molar-refractivity contribution is 5.71. The van der Waals surface area contributed by atoms with E-state index in [9.17, 15) is 14.4 Å². The number of carbonyl (C=O) groups is 3. The number of rotatable bonds is 56. The summed E-state index contributed by atoms with van der Waals surface area (Å²) in [6, 6.07) is 0. The lowest BCUT2D eigenvalue weighted by Crippen LogP contribution is -2.30. The zero-order valence-electron chi connectivity index (χ0n) is 47.2. The highest BCUT2D eigenvalue weighted by atomic mass is 16.6. The van der Waals surface area contributed by atoms with Crippen molar-refractivity contribution in [2.75, 3.05) is 13.2 Å². The van der Waals surface area contributed by atoms with Gasteiger partial charge < -0.3 is 14.2 Å². The molecule has 0 rings (SSSR count). The Morgan fingerprint density at radius 3 is 0.831 bits per heavy atom. The molecule has 0 aliphatic rings. The van der Waals surface area contributed by atoms with Gasteiger partial charge in [-0.05, 0) is 109 Å². The standard InChI is InChI=1S/C65H116O6/c1-4-7-10-13-16-19-22-25-28-31-32-35-37-40-43-46-49-52-55-58-64(67)70-61-62(71-65(68)59-56-53-50-47-44-41-38-34-30-27-24-21-18-15-12-9-6-3)60-69-63(66)57-54-51-48-45-42-39-36-33-29-26-23-20-17-14-11-8-5-2/h16,19,25-30,32,35,62H,4-15,17-18,20-24,31,33-34,36-61H2,1-3H3/b19-16-,28-25-,29-26-,30-27-,35-32-. The van der Waals surface area contributed by atoms with Gasteiger partial charge in [0.05, 0.1) is 0 Å². The minimum absolute atomic E-state index is 0.0811. The maximum absolute atomic E-state index is 12.9. The fraction of sp³-hybridized carbons (Fsp3) is 0.800. The second-order valence-electron chi connectivity index (χ2n) is 20.6. The Kier molecular flexibility index (Phi) is 57.2. The van der Waals surface area contributed by atoms with Crippen LogP contribution < -0.4 is 0 Å². The molecule has 0 aromatic heterocycles. The van der Waals surface area contributed by atoms with Gasteiger partial charge >= 0.3 is 17.9 Å². The third kappa shape index (κ3) is 57.9. The average molecular weight is 994 g/mol. The largest absolute Gasteiger partial charge is 0.462 e. The van der Waals surface area contributed by atoms with Gasteiger partial charge in [0.2, 0.25) is 0 Å². The van der Waals surface area contributed by atoms with Gasteiger partial charge in [-0.3, -0.25) is 14.4 Å². The molecular formula is C65H116O6. The van der Waals surface area contributed by atoms with Gasteiger partial charge in [-0.1, -0.05) is 248 Å². The first-order chi connectivity index (χ1) is 35.0. The molecule has 0 bridgehead atoms. The van der Waals surface area contributed by atoms with E-state index >= 15 is 0 Å². The third-order valence-corrected chi connectivity index (χ3v) is 13.5. The van der Waals surface area contributed by atoms with E-state index in [0.717, 1.165) is 77.0 Å². The summed E-state index contributed by atoms with van der Waals surface area (Å²) in [5, 5.41) is 0. The van der Waals surface area contributed by atoms with Crippen molar-refractivity contribution in [3.05, 3.63) is 60.8 Å². The Morgan fingerprint density at radius 1 is 0.282 bits per heavy atom. The van der Waals surface area contributed by atoms with Gasteiger partial charge in [0.15, 0.2) is 6.10 Å². The predicted molar refractivity (Wildman–Crippen MR) is 307 cm³/mol. The summed E-state index contributed by atoms with van der Waals surface area (Å²) < 4.78 is 16.9. The van der Waals surface area contributed by atoms with E-state index in [2.05, 4.69) is 81.5 Å². The van der Waals surface area contributed by atoms with Gasteiger partial charge in [0.1, 0.15) is 13.2 Å². The normalized spacial score (nSPS) is 12.4. The molecule has 0 amide bonds. The van der Waals surface area contributed by atoms with Crippen LogP contribution >= 0.6 is 0 Å². The Bertz CT molecular complexity index is 1280.